The molecule has 0 saturated carbocycles. The van der Waals surface area contributed by atoms with Crippen LogP contribution in [0.2, 0.25) is 0 Å². The third kappa shape index (κ3) is 3.50. The highest BCUT2D eigenvalue weighted by atomic mass is 16.5. The van der Waals surface area contributed by atoms with Gasteiger partial charge in [-0.2, -0.15) is 0 Å². The molecule has 7 nitrogen and oxygen atoms in total. The zero-order valence-electron chi connectivity index (χ0n) is 9.50. The highest BCUT2D eigenvalue weighted by molar-refractivity contribution is 5.84. The van der Waals surface area contributed by atoms with E-state index in [9.17, 15) is 4.79 Å². The molecule has 1 aromatic rings. The Bertz CT molecular complexity index is 373. The molecule has 0 amide bonds. The minimum absolute atomic E-state index is 0.0240. The lowest BCUT2D eigenvalue weighted by molar-refractivity contribution is 0.0690. The van der Waals surface area contributed by atoms with Crippen LogP contribution in [-0.4, -0.2) is 51.9 Å². The molecule has 1 aliphatic heterocycles. The van der Waals surface area contributed by atoms with Crippen molar-refractivity contribution in [2.75, 3.05) is 19.7 Å². The van der Waals surface area contributed by atoms with Gasteiger partial charge in [0.15, 0.2) is 5.69 Å². The number of hydrogen-bond acceptors (Lipinski definition) is 5. The summed E-state index contributed by atoms with van der Waals surface area (Å²) in [5, 5.41) is 19.2. The molecule has 0 bridgehead atoms. The zero-order valence-corrected chi connectivity index (χ0v) is 9.50. The fourth-order valence-corrected chi connectivity index (χ4v) is 1.77. The number of aromatic carboxylic acids is 1. The van der Waals surface area contributed by atoms with Gasteiger partial charge in [-0.1, -0.05) is 5.21 Å². The molecule has 1 aliphatic rings. The molecular formula is C10H16N4O3. The van der Waals surface area contributed by atoms with E-state index in [1.165, 1.54) is 10.9 Å². The normalized spacial score (nSPS) is 19.6. The first kappa shape index (κ1) is 12.0. The number of carboxylic acid groups (broad SMARTS) is 1. The second kappa shape index (κ2) is 5.74. The molecule has 0 spiro atoms. The van der Waals surface area contributed by atoms with Crippen LogP contribution in [0.3, 0.4) is 0 Å². The maximum absolute atomic E-state index is 10.6. The summed E-state index contributed by atoms with van der Waals surface area (Å²) in [6, 6.07) is 0. The van der Waals surface area contributed by atoms with E-state index in [4.69, 9.17) is 9.84 Å². The standard InChI is InChI=1S/C10H16N4O3/c15-10(16)9-7-14(13-12-9)4-3-11-6-8-2-1-5-17-8/h7-8,11H,1-6H2,(H,15,16). The van der Waals surface area contributed by atoms with E-state index in [0.717, 1.165) is 32.5 Å². The molecule has 2 rings (SSSR count). The van der Waals surface area contributed by atoms with E-state index in [0.29, 0.717) is 12.6 Å². The van der Waals surface area contributed by atoms with Crippen molar-refractivity contribution in [3.63, 3.8) is 0 Å². The Morgan fingerprint density at radius 3 is 3.24 bits per heavy atom. The predicted molar refractivity (Wildman–Crippen MR) is 58.8 cm³/mol. The quantitative estimate of drug-likeness (QED) is 0.666. The highest BCUT2D eigenvalue weighted by Gasteiger charge is 2.14. The molecule has 1 fully saturated rings. The summed E-state index contributed by atoms with van der Waals surface area (Å²) in [6.45, 7) is 3.02. The van der Waals surface area contributed by atoms with Gasteiger partial charge in [-0.05, 0) is 12.8 Å². The van der Waals surface area contributed by atoms with Crippen molar-refractivity contribution in [2.45, 2.75) is 25.5 Å². The Morgan fingerprint density at radius 2 is 2.59 bits per heavy atom. The van der Waals surface area contributed by atoms with E-state index >= 15 is 0 Å². The molecular weight excluding hydrogens is 224 g/mol. The molecule has 7 heteroatoms. The Balaban J connectivity index is 1.65. The molecule has 2 heterocycles. The lowest BCUT2D eigenvalue weighted by Crippen LogP contribution is -2.29. The Labute approximate surface area is 98.8 Å². The molecule has 2 N–H and O–H groups in total. The van der Waals surface area contributed by atoms with E-state index in [1.807, 2.05) is 0 Å². The van der Waals surface area contributed by atoms with E-state index in [2.05, 4.69) is 15.6 Å². The molecule has 1 saturated heterocycles. The summed E-state index contributed by atoms with van der Waals surface area (Å²) in [6.07, 6.45) is 3.99. The smallest absolute Gasteiger partial charge is 0.358 e. The van der Waals surface area contributed by atoms with E-state index in [1.54, 1.807) is 0 Å². The van der Waals surface area contributed by atoms with Crippen LogP contribution in [0.1, 0.15) is 23.3 Å². The van der Waals surface area contributed by atoms with Crippen LogP contribution in [0, 0.1) is 0 Å². The Kier molecular flexibility index (Phi) is 4.05. The number of carboxylic acids is 1. The Morgan fingerprint density at radius 1 is 1.71 bits per heavy atom. The summed E-state index contributed by atoms with van der Waals surface area (Å²) in [4.78, 5) is 10.6. The average molecular weight is 240 g/mol. The van der Waals surface area contributed by atoms with Crippen molar-refractivity contribution in [3.8, 4) is 0 Å². The van der Waals surface area contributed by atoms with Crippen LogP contribution in [0.4, 0.5) is 0 Å². The van der Waals surface area contributed by atoms with Gasteiger partial charge in [0.1, 0.15) is 0 Å². The number of rotatable bonds is 6. The van der Waals surface area contributed by atoms with Crippen LogP contribution in [0.25, 0.3) is 0 Å². The van der Waals surface area contributed by atoms with Crippen LogP contribution >= 0.6 is 0 Å². The predicted octanol–water partition coefficient (Wildman–Crippen LogP) is -0.255. The monoisotopic (exact) mass is 240 g/mol. The van der Waals surface area contributed by atoms with Crippen molar-refractivity contribution in [1.82, 2.24) is 20.3 Å². The first-order chi connectivity index (χ1) is 8.25. The molecule has 17 heavy (non-hydrogen) atoms. The van der Waals surface area contributed by atoms with Crippen molar-refractivity contribution >= 4 is 5.97 Å². The molecule has 1 aromatic heterocycles. The maximum atomic E-state index is 10.6. The van der Waals surface area contributed by atoms with Gasteiger partial charge in [0.25, 0.3) is 0 Å². The van der Waals surface area contributed by atoms with Gasteiger partial charge >= 0.3 is 5.97 Å². The van der Waals surface area contributed by atoms with Crippen molar-refractivity contribution < 1.29 is 14.6 Å². The number of nitrogens with zero attached hydrogens (tertiary/aromatic N) is 3. The molecule has 94 valence electrons. The van der Waals surface area contributed by atoms with Gasteiger partial charge in [0, 0.05) is 19.7 Å². The lowest BCUT2D eigenvalue weighted by atomic mass is 10.2. The van der Waals surface area contributed by atoms with Crippen LogP contribution in [-0.2, 0) is 11.3 Å². The van der Waals surface area contributed by atoms with Gasteiger partial charge in [0.05, 0.1) is 18.8 Å². The van der Waals surface area contributed by atoms with Gasteiger partial charge < -0.3 is 15.2 Å². The van der Waals surface area contributed by atoms with Crippen LogP contribution in [0.15, 0.2) is 6.20 Å². The second-order valence-corrected chi connectivity index (χ2v) is 4.01. The largest absolute Gasteiger partial charge is 0.476 e. The first-order valence-electron chi connectivity index (χ1n) is 5.71. The summed E-state index contributed by atoms with van der Waals surface area (Å²) in [7, 11) is 0. The average Bonchev–Trinajstić information content (AvgIpc) is 2.96. The SMILES string of the molecule is O=C(O)c1cn(CCNCC2CCCO2)nn1. The van der Waals surface area contributed by atoms with Crippen LogP contribution in [0.5, 0.6) is 0 Å². The summed E-state index contributed by atoms with van der Waals surface area (Å²) >= 11 is 0. The fourth-order valence-electron chi connectivity index (χ4n) is 1.77. The van der Waals surface area contributed by atoms with Crippen LogP contribution < -0.4 is 5.32 Å². The summed E-state index contributed by atoms with van der Waals surface area (Å²) < 4.78 is 6.99. The molecule has 0 radical (unpaired) electrons. The summed E-state index contributed by atoms with van der Waals surface area (Å²) in [5.41, 5.74) is -0.0240. The second-order valence-electron chi connectivity index (χ2n) is 4.01. The van der Waals surface area contributed by atoms with Gasteiger partial charge in [-0.3, -0.25) is 4.68 Å². The minimum atomic E-state index is -1.05. The molecule has 1 atom stereocenters. The number of carbonyl (C=O) groups is 1. The van der Waals surface area contributed by atoms with Crippen molar-refractivity contribution in [2.24, 2.45) is 0 Å². The highest BCUT2D eigenvalue weighted by Crippen LogP contribution is 2.10. The van der Waals surface area contributed by atoms with Gasteiger partial charge in [0.2, 0.25) is 0 Å². The van der Waals surface area contributed by atoms with E-state index < -0.39 is 5.97 Å². The van der Waals surface area contributed by atoms with Gasteiger partial charge in [-0.15, -0.1) is 5.10 Å². The van der Waals surface area contributed by atoms with Gasteiger partial charge in [-0.25, -0.2) is 4.79 Å². The molecule has 1 unspecified atom stereocenters. The third-order valence-electron chi connectivity index (χ3n) is 2.67. The molecule has 0 aliphatic carbocycles. The van der Waals surface area contributed by atoms with E-state index in [-0.39, 0.29) is 5.69 Å². The first-order valence-corrected chi connectivity index (χ1v) is 5.71. The Hall–Kier alpha value is -1.47. The van der Waals surface area contributed by atoms with Crippen molar-refractivity contribution in [3.05, 3.63) is 11.9 Å². The van der Waals surface area contributed by atoms with Crippen molar-refractivity contribution in [1.29, 1.82) is 0 Å². The lowest BCUT2D eigenvalue weighted by Gasteiger charge is -2.10. The topological polar surface area (TPSA) is 89.3 Å². The number of ether oxygens (including phenoxy) is 1. The summed E-state index contributed by atoms with van der Waals surface area (Å²) in [5.74, 6) is -1.05. The number of hydrogen-bond donors (Lipinski definition) is 2. The number of nitrogens with one attached hydrogen (secondary N) is 1. The molecule has 0 aromatic carbocycles. The minimum Gasteiger partial charge on any atom is -0.476 e. The third-order valence-corrected chi connectivity index (χ3v) is 2.67. The number of aromatic nitrogens is 3. The maximum Gasteiger partial charge on any atom is 0.358 e. The zero-order chi connectivity index (χ0) is 12.1. The fraction of sp³-hybridized carbons (Fsp3) is 0.700.